The van der Waals surface area contributed by atoms with Crippen LogP contribution in [0.2, 0.25) is 0 Å². The molecule has 0 radical (unpaired) electrons. The van der Waals surface area contributed by atoms with Gasteiger partial charge in [0.25, 0.3) is 5.91 Å². The summed E-state index contributed by atoms with van der Waals surface area (Å²) in [7, 11) is 0. The maximum Gasteiger partial charge on any atom is 0.433 e. The summed E-state index contributed by atoms with van der Waals surface area (Å²) in [6, 6.07) is 12.5. The van der Waals surface area contributed by atoms with E-state index in [4.69, 9.17) is 0 Å². The minimum atomic E-state index is -4.47. The second kappa shape index (κ2) is 11.2. The van der Waals surface area contributed by atoms with Crippen molar-refractivity contribution >= 4 is 17.3 Å². The number of rotatable bonds is 5. The van der Waals surface area contributed by atoms with Crippen molar-refractivity contribution < 1.29 is 18.0 Å². The van der Waals surface area contributed by atoms with E-state index >= 15 is 0 Å². The normalized spacial score (nSPS) is 18.5. The lowest BCUT2D eigenvalue weighted by atomic mass is 9.85. The number of aryl methyl sites for hydroxylation is 2. The molecule has 0 aliphatic carbocycles. The second-order valence-electron chi connectivity index (χ2n) is 11.0. The fourth-order valence-corrected chi connectivity index (χ4v) is 6.09. The maximum atomic E-state index is 13.3. The number of hydrogen-bond donors (Lipinski definition) is 0. The molecular formula is C30H35F3N6O. The Bertz CT molecular complexity index is 1300. The molecule has 5 rings (SSSR count). The molecule has 2 saturated heterocycles. The molecule has 2 aliphatic heterocycles. The summed E-state index contributed by atoms with van der Waals surface area (Å²) in [6.45, 7) is 9.08. The Kier molecular flexibility index (Phi) is 7.81. The quantitative estimate of drug-likeness (QED) is 0.398. The number of hydrogen-bond acceptors (Lipinski definition) is 6. The van der Waals surface area contributed by atoms with Crippen LogP contribution in [0.3, 0.4) is 0 Å². The van der Waals surface area contributed by atoms with Gasteiger partial charge in [0.2, 0.25) is 0 Å². The summed E-state index contributed by atoms with van der Waals surface area (Å²) in [5.41, 5.74) is 2.71. The van der Waals surface area contributed by atoms with Crippen molar-refractivity contribution in [3.63, 3.8) is 0 Å². The van der Waals surface area contributed by atoms with Gasteiger partial charge in [-0.1, -0.05) is 18.2 Å². The minimum absolute atomic E-state index is 0.0000113. The van der Waals surface area contributed by atoms with Gasteiger partial charge >= 0.3 is 6.18 Å². The van der Waals surface area contributed by atoms with Crippen molar-refractivity contribution in [3.8, 4) is 0 Å². The molecule has 1 aromatic carbocycles. The van der Waals surface area contributed by atoms with Crippen LogP contribution in [0.25, 0.3) is 0 Å². The fourth-order valence-electron chi connectivity index (χ4n) is 6.09. The van der Waals surface area contributed by atoms with Gasteiger partial charge in [0.15, 0.2) is 0 Å². The highest BCUT2D eigenvalue weighted by atomic mass is 19.4. The van der Waals surface area contributed by atoms with Crippen LogP contribution in [0.4, 0.5) is 24.5 Å². The standard InChI is InChI=1S/C30H35F3N6O/c1-21-27(22(2)36-20-35-21)28(40)37-17-13-29(3,14-18-37)38-15-11-24(12-16-38)39(23-7-5-4-6-8-23)25-9-10-26(34-19-25)30(31,32)33/h4-10,19-20,24H,11-18H2,1-3H3. The van der Waals surface area contributed by atoms with E-state index in [-0.39, 0.29) is 17.5 Å². The second-order valence-corrected chi connectivity index (χ2v) is 11.0. The molecule has 212 valence electrons. The predicted octanol–water partition coefficient (Wildman–Crippen LogP) is 5.80. The molecule has 7 nitrogen and oxygen atoms in total. The first kappa shape index (κ1) is 28.0. The van der Waals surface area contributed by atoms with Crippen molar-refractivity contribution in [2.24, 2.45) is 0 Å². The number of para-hydroxylation sites is 1. The van der Waals surface area contributed by atoms with Crippen LogP contribution >= 0.6 is 0 Å². The first-order valence-corrected chi connectivity index (χ1v) is 13.8. The Hall–Kier alpha value is -3.53. The smallest absolute Gasteiger partial charge is 0.338 e. The summed E-state index contributed by atoms with van der Waals surface area (Å²) >= 11 is 0. The number of alkyl halides is 3. The molecule has 2 aromatic heterocycles. The average Bonchev–Trinajstić information content (AvgIpc) is 2.94. The van der Waals surface area contributed by atoms with E-state index in [1.54, 1.807) is 0 Å². The van der Waals surface area contributed by atoms with E-state index in [0.717, 1.165) is 50.5 Å². The van der Waals surface area contributed by atoms with E-state index < -0.39 is 11.9 Å². The number of carbonyl (C=O) groups excluding carboxylic acids is 1. The molecule has 1 amide bonds. The van der Waals surface area contributed by atoms with Crippen molar-refractivity contribution in [2.75, 3.05) is 31.1 Å². The molecule has 3 aromatic rings. The molecule has 0 N–H and O–H groups in total. The largest absolute Gasteiger partial charge is 0.433 e. The molecule has 0 unspecified atom stereocenters. The lowest BCUT2D eigenvalue weighted by molar-refractivity contribution is -0.141. The lowest BCUT2D eigenvalue weighted by Crippen LogP contribution is -2.58. The lowest BCUT2D eigenvalue weighted by Gasteiger charge is -2.50. The van der Waals surface area contributed by atoms with Gasteiger partial charge in [0.1, 0.15) is 12.0 Å². The van der Waals surface area contributed by atoms with E-state index in [2.05, 4.69) is 31.7 Å². The fraction of sp³-hybridized carbons (Fsp3) is 0.467. The summed E-state index contributed by atoms with van der Waals surface area (Å²) < 4.78 is 39.4. The molecule has 4 heterocycles. The van der Waals surface area contributed by atoms with Gasteiger partial charge in [-0.15, -0.1) is 0 Å². The van der Waals surface area contributed by atoms with Gasteiger partial charge < -0.3 is 9.80 Å². The van der Waals surface area contributed by atoms with E-state index in [1.165, 1.54) is 18.6 Å². The Labute approximate surface area is 233 Å². The van der Waals surface area contributed by atoms with E-state index in [1.807, 2.05) is 49.1 Å². The zero-order valence-electron chi connectivity index (χ0n) is 23.2. The average molecular weight is 553 g/mol. The highest BCUT2D eigenvalue weighted by molar-refractivity contribution is 5.96. The van der Waals surface area contributed by atoms with Crippen molar-refractivity contribution in [2.45, 2.75) is 64.2 Å². The molecule has 0 bridgehead atoms. The minimum Gasteiger partial charge on any atom is -0.338 e. The number of carbonyl (C=O) groups is 1. The summed E-state index contributed by atoms with van der Waals surface area (Å²) in [5, 5.41) is 0. The number of likely N-dealkylation sites (tertiary alicyclic amines) is 2. The number of benzene rings is 1. The topological polar surface area (TPSA) is 65.5 Å². The van der Waals surface area contributed by atoms with Crippen LogP contribution in [-0.4, -0.2) is 68.4 Å². The number of nitrogens with zero attached hydrogens (tertiary/aromatic N) is 6. The van der Waals surface area contributed by atoms with Crippen molar-refractivity contribution in [1.82, 2.24) is 24.8 Å². The molecule has 0 atom stereocenters. The Morgan fingerprint density at radius 2 is 1.52 bits per heavy atom. The maximum absolute atomic E-state index is 13.3. The molecule has 10 heteroatoms. The third-order valence-electron chi connectivity index (χ3n) is 8.51. The van der Waals surface area contributed by atoms with Gasteiger partial charge in [0, 0.05) is 43.4 Å². The first-order valence-electron chi connectivity index (χ1n) is 13.8. The third kappa shape index (κ3) is 5.68. The van der Waals surface area contributed by atoms with E-state index in [9.17, 15) is 18.0 Å². The SMILES string of the molecule is Cc1ncnc(C)c1C(=O)N1CCC(C)(N2CCC(N(c3ccccc3)c3ccc(C(F)(F)F)nc3)CC2)CC1. The molecule has 0 saturated carbocycles. The zero-order chi connectivity index (χ0) is 28.5. The van der Waals surface area contributed by atoms with Gasteiger partial charge in [-0.3, -0.25) is 9.69 Å². The van der Waals surface area contributed by atoms with Crippen LogP contribution < -0.4 is 4.90 Å². The number of anilines is 2. The van der Waals surface area contributed by atoms with Crippen LogP contribution in [0.5, 0.6) is 0 Å². The highest BCUT2D eigenvalue weighted by Gasteiger charge is 2.40. The number of pyridine rings is 1. The van der Waals surface area contributed by atoms with Crippen LogP contribution in [0.1, 0.15) is 60.0 Å². The van der Waals surface area contributed by atoms with Gasteiger partial charge in [-0.25, -0.2) is 15.0 Å². The Balaban J connectivity index is 1.26. The van der Waals surface area contributed by atoms with Crippen molar-refractivity contribution in [1.29, 1.82) is 0 Å². The molecule has 0 spiro atoms. The van der Waals surface area contributed by atoms with Crippen LogP contribution in [0, 0.1) is 13.8 Å². The van der Waals surface area contributed by atoms with Gasteiger partial charge in [-0.05, 0) is 70.7 Å². The monoisotopic (exact) mass is 552 g/mol. The summed E-state index contributed by atoms with van der Waals surface area (Å²) in [4.78, 5) is 32.0. The number of amides is 1. The zero-order valence-corrected chi connectivity index (χ0v) is 23.2. The van der Waals surface area contributed by atoms with E-state index in [0.29, 0.717) is 35.7 Å². The molecule has 40 heavy (non-hydrogen) atoms. The number of piperidine rings is 2. The Morgan fingerprint density at radius 3 is 2.08 bits per heavy atom. The third-order valence-corrected chi connectivity index (χ3v) is 8.51. The number of aromatic nitrogens is 3. The van der Waals surface area contributed by atoms with Gasteiger partial charge in [-0.2, -0.15) is 13.2 Å². The first-order chi connectivity index (χ1) is 19.1. The molecular weight excluding hydrogens is 517 g/mol. The van der Waals surface area contributed by atoms with Gasteiger partial charge in [0.05, 0.1) is 28.8 Å². The summed E-state index contributed by atoms with van der Waals surface area (Å²) in [6.07, 6.45) is 1.84. The predicted molar refractivity (Wildman–Crippen MR) is 147 cm³/mol. The van der Waals surface area contributed by atoms with Crippen molar-refractivity contribution in [3.05, 3.63) is 77.6 Å². The molecule has 2 fully saturated rings. The van der Waals surface area contributed by atoms with Crippen LogP contribution in [-0.2, 0) is 6.18 Å². The summed E-state index contributed by atoms with van der Waals surface area (Å²) in [5.74, 6) is 0.0000113. The molecule has 2 aliphatic rings. The highest BCUT2D eigenvalue weighted by Crippen LogP contribution is 2.37. The van der Waals surface area contributed by atoms with Crippen LogP contribution in [0.15, 0.2) is 55.0 Å². The Morgan fingerprint density at radius 1 is 0.900 bits per heavy atom. The number of halogens is 3.